The summed E-state index contributed by atoms with van der Waals surface area (Å²) in [6, 6.07) is 1.66. The molecule has 0 saturated heterocycles. The Labute approximate surface area is 114 Å². The largest absolute Gasteiger partial charge is 0.465 e. The Morgan fingerprint density at radius 1 is 1.37 bits per heavy atom. The third-order valence-electron chi connectivity index (χ3n) is 3.25. The first-order chi connectivity index (χ1) is 9.17. The van der Waals surface area contributed by atoms with E-state index in [0.29, 0.717) is 18.1 Å². The number of nitrogens with one attached hydrogen (secondary N) is 1. The van der Waals surface area contributed by atoms with Crippen LogP contribution in [0, 0.1) is 5.92 Å². The predicted molar refractivity (Wildman–Crippen MR) is 74.0 cm³/mol. The summed E-state index contributed by atoms with van der Waals surface area (Å²) in [6.45, 7) is 4.67. The molecule has 1 N–H and O–H groups in total. The van der Waals surface area contributed by atoms with Crippen molar-refractivity contribution in [3.8, 4) is 0 Å². The molecule has 0 spiro atoms. The van der Waals surface area contributed by atoms with Crippen LogP contribution in [0.5, 0.6) is 0 Å². The molecule has 0 radical (unpaired) electrons. The van der Waals surface area contributed by atoms with Gasteiger partial charge in [-0.15, -0.1) is 0 Å². The van der Waals surface area contributed by atoms with Crippen molar-refractivity contribution in [2.75, 3.05) is 6.61 Å². The third kappa shape index (κ3) is 5.73. The lowest BCUT2D eigenvalue weighted by Crippen LogP contribution is -2.16. The van der Waals surface area contributed by atoms with Gasteiger partial charge in [0.2, 0.25) is 0 Å². The highest BCUT2D eigenvalue weighted by molar-refractivity contribution is 6.05. The maximum Gasteiger partial charge on any atom is 0.313 e. The lowest BCUT2D eigenvalue weighted by molar-refractivity contribution is -0.144. The van der Waals surface area contributed by atoms with E-state index in [9.17, 15) is 9.59 Å². The summed E-state index contributed by atoms with van der Waals surface area (Å²) in [6.07, 6.45) is 7.45. The summed E-state index contributed by atoms with van der Waals surface area (Å²) in [5, 5.41) is 0. The highest BCUT2D eigenvalue weighted by atomic mass is 16.5. The molecule has 0 aliphatic heterocycles. The molecule has 1 heterocycles. The number of rotatable bonds is 9. The topological polar surface area (TPSA) is 59.2 Å². The zero-order chi connectivity index (χ0) is 14.1. The minimum Gasteiger partial charge on any atom is -0.465 e. The lowest BCUT2D eigenvalue weighted by Gasteiger charge is -2.14. The third-order valence-corrected chi connectivity index (χ3v) is 3.25. The van der Waals surface area contributed by atoms with Crippen LogP contribution in [0.4, 0.5) is 0 Å². The lowest BCUT2D eigenvalue weighted by atomic mass is 10.0. The molecule has 0 aromatic carbocycles. The van der Waals surface area contributed by atoms with E-state index in [-0.39, 0.29) is 12.2 Å². The maximum atomic E-state index is 11.7. The molecule has 0 aliphatic carbocycles. The van der Waals surface area contributed by atoms with Gasteiger partial charge in [-0.1, -0.05) is 33.1 Å². The van der Waals surface area contributed by atoms with Gasteiger partial charge in [0.25, 0.3) is 0 Å². The summed E-state index contributed by atoms with van der Waals surface area (Å²) in [5.41, 5.74) is 0.523. The van der Waals surface area contributed by atoms with Crippen LogP contribution in [0.15, 0.2) is 18.5 Å². The molecule has 4 heteroatoms. The van der Waals surface area contributed by atoms with Crippen molar-refractivity contribution in [3.63, 3.8) is 0 Å². The van der Waals surface area contributed by atoms with Crippen molar-refractivity contribution in [2.24, 2.45) is 5.92 Å². The summed E-state index contributed by atoms with van der Waals surface area (Å²) in [7, 11) is 0. The van der Waals surface area contributed by atoms with Crippen LogP contribution in [0.25, 0.3) is 0 Å². The summed E-state index contributed by atoms with van der Waals surface area (Å²) in [5.74, 6) is -0.222. The van der Waals surface area contributed by atoms with E-state index in [4.69, 9.17) is 4.74 Å². The normalized spacial score (nSPS) is 12.1. The fourth-order valence-electron chi connectivity index (χ4n) is 1.89. The molecule has 0 amide bonds. The SMILES string of the molecule is CCCCC(CC)COC(=O)CC(=O)c1cc[nH]c1. The number of carbonyl (C=O) groups excluding carboxylic acids is 2. The quantitative estimate of drug-likeness (QED) is 0.423. The molecule has 0 aliphatic rings. The number of ether oxygens (including phenoxy) is 1. The van der Waals surface area contributed by atoms with E-state index in [2.05, 4.69) is 18.8 Å². The van der Waals surface area contributed by atoms with Crippen molar-refractivity contribution in [3.05, 3.63) is 24.0 Å². The monoisotopic (exact) mass is 265 g/mol. The van der Waals surface area contributed by atoms with Crippen LogP contribution in [0.3, 0.4) is 0 Å². The molecule has 1 atom stereocenters. The van der Waals surface area contributed by atoms with Crippen LogP contribution in [0.1, 0.15) is 56.3 Å². The Balaban J connectivity index is 2.29. The summed E-state index contributed by atoms with van der Waals surface area (Å²) in [4.78, 5) is 26.1. The fraction of sp³-hybridized carbons (Fsp3) is 0.600. The predicted octanol–water partition coefficient (Wildman–Crippen LogP) is 3.35. The summed E-state index contributed by atoms with van der Waals surface area (Å²) >= 11 is 0. The zero-order valence-corrected chi connectivity index (χ0v) is 11.8. The zero-order valence-electron chi connectivity index (χ0n) is 11.8. The number of Topliss-reactive ketones (excluding diaryl/α,β-unsaturated/α-hetero) is 1. The Morgan fingerprint density at radius 2 is 2.16 bits per heavy atom. The number of H-pyrrole nitrogens is 1. The van der Waals surface area contributed by atoms with Gasteiger partial charge in [-0.2, -0.15) is 0 Å². The van der Waals surface area contributed by atoms with Crippen molar-refractivity contribution < 1.29 is 14.3 Å². The van der Waals surface area contributed by atoms with E-state index in [1.165, 1.54) is 0 Å². The smallest absolute Gasteiger partial charge is 0.313 e. The summed E-state index contributed by atoms with van der Waals surface area (Å²) < 4.78 is 5.19. The van der Waals surface area contributed by atoms with E-state index < -0.39 is 5.97 Å². The Bertz CT molecular complexity index is 384. The standard InChI is InChI=1S/C15H23NO3/c1-3-5-6-12(4-2)11-19-15(18)9-14(17)13-7-8-16-10-13/h7-8,10,12,16H,3-6,9,11H2,1-2H3. The van der Waals surface area contributed by atoms with Gasteiger partial charge in [-0.3, -0.25) is 9.59 Å². The van der Waals surface area contributed by atoms with Crippen LogP contribution < -0.4 is 0 Å². The second-order valence-corrected chi connectivity index (χ2v) is 4.80. The molecule has 0 fully saturated rings. The Hall–Kier alpha value is -1.58. The van der Waals surface area contributed by atoms with Gasteiger partial charge in [-0.25, -0.2) is 0 Å². The molecule has 0 saturated carbocycles. The van der Waals surface area contributed by atoms with Gasteiger partial charge in [0.1, 0.15) is 6.42 Å². The van der Waals surface area contributed by atoms with E-state index >= 15 is 0 Å². The molecular weight excluding hydrogens is 242 g/mol. The van der Waals surface area contributed by atoms with Crippen LogP contribution in [0.2, 0.25) is 0 Å². The highest BCUT2D eigenvalue weighted by Crippen LogP contribution is 2.13. The van der Waals surface area contributed by atoms with Crippen molar-refractivity contribution in [1.29, 1.82) is 0 Å². The molecule has 19 heavy (non-hydrogen) atoms. The number of unbranched alkanes of at least 4 members (excludes halogenated alkanes) is 1. The average molecular weight is 265 g/mol. The minimum absolute atomic E-state index is 0.179. The first-order valence-corrected chi connectivity index (χ1v) is 6.99. The first kappa shape index (κ1) is 15.5. The number of carbonyl (C=O) groups is 2. The number of hydrogen-bond acceptors (Lipinski definition) is 3. The second-order valence-electron chi connectivity index (χ2n) is 4.80. The molecular formula is C15H23NO3. The highest BCUT2D eigenvalue weighted by Gasteiger charge is 2.15. The van der Waals surface area contributed by atoms with E-state index in [0.717, 1.165) is 25.7 Å². The molecule has 106 valence electrons. The van der Waals surface area contributed by atoms with Gasteiger partial charge < -0.3 is 9.72 Å². The second kappa shape index (κ2) is 8.51. The number of ketones is 1. The van der Waals surface area contributed by atoms with Crippen LogP contribution >= 0.6 is 0 Å². The fourth-order valence-corrected chi connectivity index (χ4v) is 1.89. The average Bonchev–Trinajstić information content (AvgIpc) is 2.93. The van der Waals surface area contributed by atoms with Gasteiger partial charge in [0.15, 0.2) is 5.78 Å². The number of aromatic amines is 1. The molecule has 1 aromatic rings. The van der Waals surface area contributed by atoms with Gasteiger partial charge in [-0.05, 0) is 18.4 Å². The van der Waals surface area contributed by atoms with Crippen LogP contribution in [-0.4, -0.2) is 23.3 Å². The molecule has 1 aromatic heterocycles. The maximum absolute atomic E-state index is 11.7. The van der Waals surface area contributed by atoms with Crippen molar-refractivity contribution in [2.45, 2.75) is 46.0 Å². The van der Waals surface area contributed by atoms with Gasteiger partial charge in [0.05, 0.1) is 6.61 Å². The van der Waals surface area contributed by atoms with Gasteiger partial charge >= 0.3 is 5.97 Å². The number of esters is 1. The number of hydrogen-bond donors (Lipinski definition) is 1. The number of aromatic nitrogens is 1. The van der Waals surface area contributed by atoms with E-state index in [1.807, 2.05) is 0 Å². The first-order valence-electron chi connectivity index (χ1n) is 6.99. The minimum atomic E-state index is -0.429. The van der Waals surface area contributed by atoms with E-state index in [1.54, 1.807) is 18.5 Å². The molecule has 4 nitrogen and oxygen atoms in total. The van der Waals surface area contributed by atoms with Crippen molar-refractivity contribution in [1.82, 2.24) is 4.98 Å². The molecule has 0 bridgehead atoms. The Kier molecular flexibility index (Phi) is 6.93. The van der Waals surface area contributed by atoms with Crippen molar-refractivity contribution >= 4 is 11.8 Å². The Morgan fingerprint density at radius 3 is 2.74 bits per heavy atom. The molecule has 1 rings (SSSR count). The molecule has 1 unspecified atom stereocenters. The van der Waals surface area contributed by atoms with Crippen LogP contribution in [-0.2, 0) is 9.53 Å². The van der Waals surface area contributed by atoms with Gasteiger partial charge in [0, 0.05) is 18.0 Å².